The zero-order valence-corrected chi connectivity index (χ0v) is 24.9. The lowest BCUT2D eigenvalue weighted by molar-refractivity contribution is 0.259. The van der Waals surface area contributed by atoms with Crippen LogP contribution in [0.5, 0.6) is 11.5 Å². The standard InChI is InChI=1S/C40H38O2/c1-3-5-7-9-15-41-32-21-28-29(22-33(32)42-16-10-8-6-4-2)31-20-27-18-25-12-11-23-17-24-13-14-26-19-30(28)39(31)40-37(26)35(24)34(23)36(25)38(27)40/h11-14,19-22H,3-10,15-18H2,1-2H3. The Balaban J connectivity index is 1.24. The lowest BCUT2D eigenvalue weighted by Crippen LogP contribution is -2.03. The van der Waals surface area contributed by atoms with E-state index in [0.29, 0.717) is 0 Å². The highest BCUT2D eigenvalue weighted by atomic mass is 16.5. The summed E-state index contributed by atoms with van der Waals surface area (Å²) in [5, 5.41) is 11.9. The summed E-state index contributed by atoms with van der Waals surface area (Å²) in [5.74, 6) is 1.82. The Hall–Kier alpha value is -3.78. The van der Waals surface area contributed by atoms with Gasteiger partial charge >= 0.3 is 0 Å². The molecule has 9 rings (SSSR count). The summed E-state index contributed by atoms with van der Waals surface area (Å²) in [6.45, 7) is 6.01. The molecular weight excluding hydrogens is 512 g/mol. The third-order valence-electron chi connectivity index (χ3n) is 10.4. The number of ether oxygens (including phenoxy) is 2. The topological polar surface area (TPSA) is 18.5 Å². The fourth-order valence-corrected chi connectivity index (χ4v) is 8.45. The highest BCUT2D eigenvalue weighted by Gasteiger charge is 2.33. The maximum atomic E-state index is 6.51. The van der Waals surface area contributed by atoms with Crippen molar-refractivity contribution in [2.45, 2.75) is 78.1 Å². The SMILES string of the molecule is CCCCCCOc1cc2c(cc1OCCCCCC)-c1cc3ccc4c5c6c(ccc7c6c6c(cc-2c1c6c35)C7)C4. The quantitative estimate of drug-likeness (QED) is 0.0855. The number of hydrogen-bond donors (Lipinski definition) is 0. The van der Waals surface area contributed by atoms with Gasteiger partial charge in [0.15, 0.2) is 11.5 Å². The number of rotatable bonds is 12. The first-order valence-electron chi connectivity index (χ1n) is 16.4. The van der Waals surface area contributed by atoms with Crippen molar-refractivity contribution >= 4 is 43.1 Å². The van der Waals surface area contributed by atoms with E-state index in [-0.39, 0.29) is 0 Å². The summed E-state index contributed by atoms with van der Waals surface area (Å²) in [7, 11) is 0. The Morgan fingerprint density at radius 3 is 1.60 bits per heavy atom. The van der Waals surface area contributed by atoms with Crippen LogP contribution in [0.15, 0.2) is 48.5 Å². The first kappa shape index (κ1) is 24.8. The molecule has 0 saturated heterocycles. The van der Waals surface area contributed by atoms with Crippen molar-refractivity contribution in [3.8, 4) is 33.8 Å². The number of hydrogen-bond acceptors (Lipinski definition) is 2. The Morgan fingerprint density at radius 2 is 0.976 bits per heavy atom. The van der Waals surface area contributed by atoms with Crippen molar-refractivity contribution in [2.75, 3.05) is 13.2 Å². The average molecular weight is 551 g/mol. The molecule has 0 atom stereocenters. The molecule has 6 aromatic carbocycles. The van der Waals surface area contributed by atoms with Gasteiger partial charge in [0.25, 0.3) is 0 Å². The van der Waals surface area contributed by atoms with Gasteiger partial charge in [-0.1, -0.05) is 76.6 Å². The maximum Gasteiger partial charge on any atom is 0.161 e. The van der Waals surface area contributed by atoms with Crippen LogP contribution in [0.1, 0.15) is 87.5 Å². The van der Waals surface area contributed by atoms with E-state index in [1.807, 2.05) is 0 Å². The van der Waals surface area contributed by atoms with Gasteiger partial charge in [0.1, 0.15) is 0 Å². The molecule has 0 bridgehead atoms. The Labute approximate surface area is 248 Å². The van der Waals surface area contributed by atoms with Gasteiger partial charge in [-0.15, -0.1) is 0 Å². The summed E-state index contributed by atoms with van der Waals surface area (Å²) < 4.78 is 13.0. The molecule has 0 aliphatic heterocycles. The summed E-state index contributed by atoms with van der Waals surface area (Å²) in [4.78, 5) is 0. The molecule has 0 spiro atoms. The molecule has 0 saturated carbocycles. The molecule has 2 heteroatoms. The van der Waals surface area contributed by atoms with Crippen LogP contribution >= 0.6 is 0 Å². The minimum absolute atomic E-state index is 0.743. The van der Waals surface area contributed by atoms with E-state index in [2.05, 4.69) is 62.4 Å². The second kappa shape index (κ2) is 9.36. The summed E-state index contributed by atoms with van der Waals surface area (Å²) >= 11 is 0. The summed E-state index contributed by atoms with van der Waals surface area (Å²) in [5.41, 5.74) is 11.4. The molecule has 0 fully saturated rings. The van der Waals surface area contributed by atoms with Crippen molar-refractivity contribution in [2.24, 2.45) is 0 Å². The predicted octanol–water partition coefficient (Wildman–Crippen LogP) is 11.1. The predicted molar refractivity (Wildman–Crippen MR) is 177 cm³/mol. The van der Waals surface area contributed by atoms with E-state index in [1.54, 1.807) is 0 Å². The molecule has 0 radical (unpaired) electrons. The van der Waals surface area contributed by atoms with Crippen LogP contribution in [0.25, 0.3) is 65.3 Å². The lowest BCUT2D eigenvalue weighted by Gasteiger charge is -2.16. The second-order valence-electron chi connectivity index (χ2n) is 13.0. The van der Waals surface area contributed by atoms with Crippen molar-refractivity contribution in [1.82, 2.24) is 0 Å². The third-order valence-corrected chi connectivity index (χ3v) is 10.4. The number of benzene rings is 6. The maximum absolute atomic E-state index is 6.51. The van der Waals surface area contributed by atoms with Gasteiger partial charge in [0.05, 0.1) is 13.2 Å². The molecule has 6 aromatic rings. The van der Waals surface area contributed by atoms with Crippen molar-refractivity contribution in [3.63, 3.8) is 0 Å². The molecule has 0 amide bonds. The van der Waals surface area contributed by atoms with Gasteiger partial charge < -0.3 is 9.47 Å². The van der Waals surface area contributed by atoms with Crippen molar-refractivity contribution in [1.29, 1.82) is 0 Å². The molecule has 0 N–H and O–H groups in total. The number of unbranched alkanes of at least 4 members (excludes halogenated alkanes) is 6. The highest BCUT2D eigenvalue weighted by molar-refractivity contribution is 6.41. The molecule has 0 unspecified atom stereocenters. The smallest absolute Gasteiger partial charge is 0.161 e. The largest absolute Gasteiger partial charge is 0.490 e. The minimum atomic E-state index is 0.743. The van der Waals surface area contributed by atoms with Crippen molar-refractivity contribution < 1.29 is 9.47 Å². The van der Waals surface area contributed by atoms with Crippen LogP contribution in [0.3, 0.4) is 0 Å². The van der Waals surface area contributed by atoms with E-state index >= 15 is 0 Å². The van der Waals surface area contributed by atoms with Gasteiger partial charge in [0.2, 0.25) is 0 Å². The van der Waals surface area contributed by atoms with Crippen LogP contribution in [-0.2, 0) is 12.8 Å². The molecule has 2 nitrogen and oxygen atoms in total. The van der Waals surface area contributed by atoms with E-state index in [4.69, 9.17) is 9.47 Å². The second-order valence-corrected chi connectivity index (χ2v) is 13.0. The van der Waals surface area contributed by atoms with Crippen LogP contribution in [0.4, 0.5) is 0 Å². The number of fused-ring (bicyclic) bond motifs is 3. The molecule has 3 aliphatic carbocycles. The molecule has 42 heavy (non-hydrogen) atoms. The molecule has 0 aromatic heterocycles. The van der Waals surface area contributed by atoms with E-state index in [0.717, 1.165) is 50.4 Å². The van der Waals surface area contributed by atoms with Crippen LogP contribution in [0, 0.1) is 0 Å². The van der Waals surface area contributed by atoms with Crippen LogP contribution in [-0.4, -0.2) is 13.2 Å². The van der Waals surface area contributed by atoms with E-state index in [1.165, 1.54) is 126 Å². The fraction of sp³-hybridized carbons (Fsp3) is 0.350. The summed E-state index contributed by atoms with van der Waals surface area (Å²) in [6.07, 6.45) is 11.7. The zero-order chi connectivity index (χ0) is 27.9. The minimum Gasteiger partial charge on any atom is -0.490 e. The normalized spacial score (nSPS) is 13.8. The molecule has 0 heterocycles. The van der Waals surface area contributed by atoms with Crippen molar-refractivity contribution in [3.05, 3.63) is 70.8 Å². The Bertz CT molecular complexity index is 2060. The first-order chi connectivity index (χ1) is 20.8. The summed E-state index contributed by atoms with van der Waals surface area (Å²) in [6, 6.07) is 19.2. The lowest BCUT2D eigenvalue weighted by atomic mass is 9.87. The van der Waals surface area contributed by atoms with Gasteiger partial charge in [-0.25, -0.2) is 0 Å². The average Bonchev–Trinajstić information content (AvgIpc) is 3.67. The van der Waals surface area contributed by atoms with E-state index < -0.39 is 0 Å². The first-order valence-corrected chi connectivity index (χ1v) is 16.4. The van der Waals surface area contributed by atoms with Gasteiger partial charge in [-0.3, -0.25) is 0 Å². The van der Waals surface area contributed by atoms with E-state index in [9.17, 15) is 0 Å². The fourth-order valence-electron chi connectivity index (χ4n) is 8.45. The Kier molecular flexibility index (Phi) is 5.52. The van der Waals surface area contributed by atoms with Crippen LogP contribution in [0.2, 0.25) is 0 Å². The molecular formula is C40H38O2. The monoisotopic (exact) mass is 550 g/mol. The van der Waals surface area contributed by atoms with Crippen LogP contribution < -0.4 is 9.47 Å². The third kappa shape index (κ3) is 3.33. The van der Waals surface area contributed by atoms with Gasteiger partial charge in [0, 0.05) is 0 Å². The molecule has 3 aliphatic rings. The Morgan fingerprint density at radius 1 is 0.452 bits per heavy atom. The van der Waals surface area contributed by atoms with Gasteiger partial charge in [-0.2, -0.15) is 0 Å². The van der Waals surface area contributed by atoms with Gasteiger partial charge in [-0.05, 0) is 138 Å². The molecule has 210 valence electrons. The zero-order valence-electron chi connectivity index (χ0n) is 24.9. The highest BCUT2D eigenvalue weighted by Crippen LogP contribution is 2.59.